The van der Waals surface area contributed by atoms with E-state index >= 15 is 0 Å². The molecule has 1 aromatic heterocycles. The van der Waals surface area contributed by atoms with E-state index in [1.54, 1.807) is 25.0 Å². The minimum Gasteiger partial charge on any atom is -0.481 e. The number of ether oxygens (including phenoxy) is 1. The van der Waals surface area contributed by atoms with E-state index in [2.05, 4.69) is 9.94 Å². The van der Waals surface area contributed by atoms with Gasteiger partial charge in [0.05, 0.1) is 13.3 Å². The Morgan fingerprint density at radius 1 is 1.82 bits per heavy atom. The van der Waals surface area contributed by atoms with E-state index in [9.17, 15) is 0 Å². The van der Waals surface area contributed by atoms with Crippen molar-refractivity contribution in [3.63, 3.8) is 0 Å². The van der Waals surface area contributed by atoms with Gasteiger partial charge in [-0.2, -0.15) is 5.10 Å². The van der Waals surface area contributed by atoms with Gasteiger partial charge in [-0.3, -0.25) is 0 Å². The van der Waals surface area contributed by atoms with Gasteiger partial charge in [-0.15, -0.1) is 0 Å². The van der Waals surface area contributed by atoms with Crippen molar-refractivity contribution >= 4 is 0 Å². The number of nitrogens with zero attached hydrogens (tertiary/aromatic N) is 3. The van der Waals surface area contributed by atoms with Gasteiger partial charge in [0.25, 0.3) is 0 Å². The van der Waals surface area contributed by atoms with Gasteiger partial charge < -0.3 is 9.58 Å². The molecular formula is C7H9N3O. The van der Waals surface area contributed by atoms with Crippen molar-refractivity contribution in [2.45, 2.75) is 6.54 Å². The Morgan fingerprint density at radius 2 is 2.55 bits per heavy atom. The van der Waals surface area contributed by atoms with Crippen molar-refractivity contribution in [2.24, 2.45) is 7.05 Å². The molecule has 4 nitrogen and oxygen atoms in total. The van der Waals surface area contributed by atoms with Crippen LogP contribution < -0.4 is 4.74 Å². The summed E-state index contributed by atoms with van der Waals surface area (Å²) in [6.07, 6.45) is 1.65. The van der Waals surface area contributed by atoms with Crippen LogP contribution in [0.5, 0.6) is 5.88 Å². The topological polar surface area (TPSA) is 31.4 Å². The molecule has 0 saturated heterocycles. The van der Waals surface area contributed by atoms with Crippen molar-refractivity contribution in [1.29, 1.82) is 0 Å². The maximum absolute atomic E-state index is 6.65. The highest BCUT2D eigenvalue weighted by atomic mass is 16.5. The molecule has 0 spiro atoms. The molecule has 0 fully saturated rings. The second kappa shape index (κ2) is 3.06. The Balaban J connectivity index is 2.97. The van der Waals surface area contributed by atoms with Gasteiger partial charge in [0.1, 0.15) is 5.56 Å². The summed E-state index contributed by atoms with van der Waals surface area (Å²) < 4.78 is 6.64. The number of methoxy groups -OCH3 is 1. The standard InChI is InChI=1S/C7H9N3O/c1-8-4-6-5-9-10(2)7(6)11-3/h5H,4H2,2-3H3. The SMILES string of the molecule is [C-]#[N+]Cc1cnn(C)c1OC. The van der Waals surface area contributed by atoms with E-state index in [-0.39, 0.29) is 0 Å². The number of hydrogen-bond donors (Lipinski definition) is 0. The van der Waals surface area contributed by atoms with Crippen LogP contribution in [-0.2, 0) is 13.6 Å². The monoisotopic (exact) mass is 151 g/mol. The number of rotatable bonds is 2. The number of aryl methyl sites for hydroxylation is 1. The van der Waals surface area contributed by atoms with Gasteiger partial charge in [0, 0.05) is 7.05 Å². The Labute approximate surface area is 65.2 Å². The van der Waals surface area contributed by atoms with Crippen LogP contribution in [0.3, 0.4) is 0 Å². The molecule has 0 aliphatic carbocycles. The zero-order valence-electron chi connectivity index (χ0n) is 6.53. The van der Waals surface area contributed by atoms with Crippen molar-refractivity contribution in [3.05, 3.63) is 23.2 Å². The summed E-state index contributed by atoms with van der Waals surface area (Å²) in [6, 6.07) is 0. The molecule has 0 aliphatic rings. The Kier molecular flexibility index (Phi) is 2.12. The van der Waals surface area contributed by atoms with Gasteiger partial charge in [0.2, 0.25) is 12.4 Å². The summed E-state index contributed by atoms with van der Waals surface area (Å²) in [7, 11) is 3.36. The summed E-state index contributed by atoms with van der Waals surface area (Å²) in [6.45, 7) is 6.98. The van der Waals surface area contributed by atoms with Crippen LogP contribution in [0.4, 0.5) is 0 Å². The van der Waals surface area contributed by atoms with E-state index in [0.717, 1.165) is 5.56 Å². The zero-order valence-corrected chi connectivity index (χ0v) is 6.53. The lowest BCUT2D eigenvalue weighted by atomic mass is 10.3. The Morgan fingerprint density at radius 3 is 3.09 bits per heavy atom. The lowest BCUT2D eigenvalue weighted by Crippen LogP contribution is -1.96. The Bertz CT molecular complexity index is 284. The summed E-state index contributed by atoms with van der Waals surface area (Å²) in [5.74, 6) is 0.668. The summed E-state index contributed by atoms with van der Waals surface area (Å²) in [5.41, 5.74) is 0.838. The first-order valence-corrected chi connectivity index (χ1v) is 3.17. The van der Waals surface area contributed by atoms with Crippen molar-refractivity contribution in [3.8, 4) is 5.88 Å². The van der Waals surface area contributed by atoms with Crippen molar-refractivity contribution in [1.82, 2.24) is 9.78 Å². The normalized spacial score (nSPS) is 9.18. The molecule has 4 heteroatoms. The maximum Gasteiger partial charge on any atom is 0.246 e. The first kappa shape index (κ1) is 7.61. The molecule has 0 N–H and O–H groups in total. The zero-order chi connectivity index (χ0) is 8.27. The molecule has 58 valence electrons. The molecule has 0 aliphatic heterocycles. The van der Waals surface area contributed by atoms with Crippen LogP contribution >= 0.6 is 0 Å². The summed E-state index contributed by atoms with van der Waals surface area (Å²) in [4.78, 5) is 3.24. The van der Waals surface area contributed by atoms with Crippen LogP contribution in [0.25, 0.3) is 4.85 Å². The lowest BCUT2D eigenvalue weighted by Gasteiger charge is -1.98. The van der Waals surface area contributed by atoms with E-state index < -0.39 is 0 Å². The van der Waals surface area contributed by atoms with Gasteiger partial charge in [0.15, 0.2) is 0 Å². The number of aromatic nitrogens is 2. The largest absolute Gasteiger partial charge is 0.481 e. The van der Waals surface area contributed by atoms with E-state index in [0.29, 0.717) is 12.4 Å². The smallest absolute Gasteiger partial charge is 0.246 e. The average Bonchev–Trinajstić information content (AvgIpc) is 2.33. The maximum atomic E-state index is 6.65. The second-order valence-electron chi connectivity index (χ2n) is 2.12. The molecular weight excluding hydrogens is 142 g/mol. The molecule has 0 bridgehead atoms. The van der Waals surface area contributed by atoms with Crippen molar-refractivity contribution in [2.75, 3.05) is 7.11 Å². The summed E-state index contributed by atoms with van der Waals surface area (Å²) >= 11 is 0. The highest BCUT2D eigenvalue weighted by Gasteiger charge is 2.09. The van der Waals surface area contributed by atoms with Crippen LogP contribution in [0.2, 0.25) is 0 Å². The molecule has 11 heavy (non-hydrogen) atoms. The predicted molar refractivity (Wildman–Crippen MR) is 40.1 cm³/mol. The molecule has 1 aromatic rings. The fourth-order valence-electron chi connectivity index (χ4n) is 0.929. The highest BCUT2D eigenvalue weighted by molar-refractivity contribution is 5.24. The van der Waals surface area contributed by atoms with E-state index in [1.165, 1.54) is 0 Å². The first-order valence-electron chi connectivity index (χ1n) is 3.17. The third-order valence-corrected chi connectivity index (χ3v) is 1.40. The Hall–Kier alpha value is -1.50. The minimum atomic E-state index is 0.330. The van der Waals surface area contributed by atoms with Gasteiger partial charge in [-0.05, 0) is 0 Å². The molecule has 1 rings (SSSR count). The predicted octanol–water partition coefficient (Wildman–Crippen LogP) is 0.848. The average molecular weight is 151 g/mol. The van der Waals surface area contributed by atoms with Crippen LogP contribution in [0, 0.1) is 6.57 Å². The van der Waals surface area contributed by atoms with Crippen LogP contribution in [0.15, 0.2) is 6.20 Å². The molecule has 0 amide bonds. The molecule has 0 atom stereocenters. The third-order valence-electron chi connectivity index (χ3n) is 1.40. The van der Waals surface area contributed by atoms with Crippen molar-refractivity contribution < 1.29 is 4.74 Å². The lowest BCUT2D eigenvalue weighted by molar-refractivity contribution is 0.370. The van der Waals surface area contributed by atoms with Gasteiger partial charge >= 0.3 is 0 Å². The number of hydrogen-bond acceptors (Lipinski definition) is 2. The third kappa shape index (κ3) is 1.32. The first-order chi connectivity index (χ1) is 5.29. The fourth-order valence-corrected chi connectivity index (χ4v) is 0.929. The minimum absolute atomic E-state index is 0.330. The van der Waals surface area contributed by atoms with E-state index in [1.807, 2.05) is 0 Å². The van der Waals surface area contributed by atoms with Gasteiger partial charge in [-0.1, -0.05) is 0 Å². The highest BCUT2D eigenvalue weighted by Crippen LogP contribution is 2.16. The second-order valence-corrected chi connectivity index (χ2v) is 2.12. The molecule has 0 saturated carbocycles. The van der Waals surface area contributed by atoms with Gasteiger partial charge in [-0.25, -0.2) is 11.3 Å². The molecule has 0 radical (unpaired) electrons. The quantitative estimate of drug-likeness (QED) is 0.587. The molecule has 0 unspecified atom stereocenters. The van der Waals surface area contributed by atoms with Crippen LogP contribution in [-0.4, -0.2) is 16.9 Å². The molecule has 1 heterocycles. The van der Waals surface area contributed by atoms with E-state index in [4.69, 9.17) is 11.3 Å². The van der Waals surface area contributed by atoms with Crippen LogP contribution in [0.1, 0.15) is 5.56 Å². The molecule has 0 aromatic carbocycles. The summed E-state index contributed by atoms with van der Waals surface area (Å²) in [5, 5.41) is 3.95. The fraction of sp³-hybridized carbons (Fsp3) is 0.429.